The smallest absolute Gasteiger partial charge is 0.150 e. The third kappa shape index (κ3) is 4.72. The average Bonchev–Trinajstić information content (AvgIpc) is 2.29. The predicted molar refractivity (Wildman–Crippen MR) is 72.0 cm³/mol. The molecular weight excluding hydrogens is 290 g/mol. The molecule has 0 N–H and O–H groups in total. The molecule has 1 fully saturated rings. The highest BCUT2D eigenvalue weighted by Crippen LogP contribution is 2.18. The van der Waals surface area contributed by atoms with E-state index in [4.69, 9.17) is 0 Å². The van der Waals surface area contributed by atoms with Crippen LogP contribution in [-0.2, 0) is 9.84 Å². The van der Waals surface area contributed by atoms with Gasteiger partial charge in [0.1, 0.15) is 9.84 Å². The van der Waals surface area contributed by atoms with Crippen molar-refractivity contribution in [3.05, 3.63) is 0 Å². The second-order valence-electron chi connectivity index (χ2n) is 4.43. The van der Waals surface area contributed by atoms with Gasteiger partial charge in [-0.05, 0) is 32.4 Å². The molecule has 3 nitrogen and oxygen atoms in total. The Morgan fingerprint density at radius 2 is 2.12 bits per heavy atom. The Morgan fingerprint density at radius 1 is 1.38 bits per heavy atom. The van der Waals surface area contributed by atoms with Gasteiger partial charge in [0.2, 0.25) is 0 Å². The molecule has 0 saturated carbocycles. The van der Waals surface area contributed by atoms with Crippen LogP contribution < -0.4 is 0 Å². The van der Waals surface area contributed by atoms with Crippen LogP contribution in [0.2, 0.25) is 0 Å². The Morgan fingerprint density at radius 3 is 2.75 bits per heavy atom. The second kappa shape index (κ2) is 6.97. The summed E-state index contributed by atoms with van der Waals surface area (Å²) in [6.45, 7) is 3.77. The number of sulfone groups is 1. The van der Waals surface area contributed by atoms with Crippen LogP contribution in [0.4, 0.5) is 0 Å². The number of hydrogen-bond donors (Lipinski definition) is 0. The molecule has 0 aromatic heterocycles. The largest absolute Gasteiger partial charge is 0.300 e. The fourth-order valence-electron chi connectivity index (χ4n) is 2.16. The number of rotatable bonds is 6. The van der Waals surface area contributed by atoms with E-state index in [1.807, 2.05) is 0 Å². The highest BCUT2D eigenvalue weighted by molar-refractivity contribution is 9.09. The molecule has 0 aliphatic carbocycles. The van der Waals surface area contributed by atoms with Crippen LogP contribution in [0.1, 0.15) is 32.6 Å². The summed E-state index contributed by atoms with van der Waals surface area (Å²) in [5, 5.41) is 1.01. The number of alkyl halides is 1. The SMILES string of the molecule is CCS(=O)(=O)CCCN1CCCCC1CBr. The molecule has 1 aliphatic rings. The fraction of sp³-hybridized carbons (Fsp3) is 1.00. The van der Waals surface area contributed by atoms with Crippen molar-refractivity contribution < 1.29 is 8.42 Å². The van der Waals surface area contributed by atoms with Gasteiger partial charge in [0, 0.05) is 17.1 Å². The van der Waals surface area contributed by atoms with E-state index < -0.39 is 9.84 Å². The van der Waals surface area contributed by atoms with Crippen LogP contribution in [0, 0.1) is 0 Å². The van der Waals surface area contributed by atoms with E-state index in [1.165, 1.54) is 19.3 Å². The lowest BCUT2D eigenvalue weighted by Gasteiger charge is -2.34. The summed E-state index contributed by atoms with van der Waals surface area (Å²) < 4.78 is 22.7. The molecule has 1 aliphatic heterocycles. The maximum Gasteiger partial charge on any atom is 0.150 e. The minimum absolute atomic E-state index is 0.273. The molecule has 0 amide bonds. The Balaban J connectivity index is 2.30. The van der Waals surface area contributed by atoms with E-state index in [2.05, 4.69) is 20.8 Å². The molecular formula is C11H22BrNO2S. The van der Waals surface area contributed by atoms with Gasteiger partial charge in [-0.25, -0.2) is 8.42 Å². The van der Waals surface area contributed by atoms with Crippen LogP contribution in [-0.4, -0.2) is 49.3 Å². The predicted octanol–water partition coefficient (Wildman–Crippen LogP) is 2.06. The summed E-state index contributed by atoms with van der Waals surface area (Å²) in [6.07, 6.45) is 4.58. The van der Waals surface area contributed by atoms with Gasteiger partial charge in [-0.3, -0.25) is 4.90 Å². The lowest BCUT2D eigenvalue weighted by Crippen LogP contribution is -2.41. The van der Waals surface area contributed by atoms with Crippen molar-refractivity contribution >= 4 is 25.8 Å². The first kappa shape index (κ1) is 14.5. The molecule has 96 valence electrons. The quantitative estimate of drug-likeness (QED) is 0.705. The molecule has 0 bridgehead atoms. The Labute approximate surface area is 108 Å². The van der Waals surface area contributed by atoms with E-state index in [9.17, 15) is 8.42 Å². The zero-order valence-electron chi connectivity index (χ0n) is 9.99. The lowest BCUT2D eigenvalue weighted by atomic mass is 10.0. The number of nitrogens with zero attached hydrogens (tertiary/aromatic N) is 1. The summed E-state index contributed by atoms with van der Waals surface area (Å²) in [4.78, 5) is 2.43. The van der Waals surface area contributed by atoms with E-state index in [0.29, 0.717) is 11.8 Å². The second-order valence-corrected chi connectivity index (χ2v) is 7.55. The monoisotopic (exact) mass is 311 g/mol. The molecule has 1 heterocycles. The molecule has 0 aromatic carbocycles. The Hall–Kier alpha value is 0.390. The van der Waals surface area contributed by atoms with Gasteiger partial charge in [0.25, 0.3) is 0 Å². The van der Waals surface area contributed by atoms with Crippen LogP contribution in [0.5, 0.6) is 0 Å². The minimum atomic E-state index is -2.78. The average molecular weight is 312 g/mol. The van der Waals surface area contributed by atoms with Crippen LogP contribution in [0.15, 0.2) is 0 Å². The first-order chi connectivity index (χ1) is 7.59. The minimum Gasteiger partial charge on any atom is -0.300 e. The van der Waals surface area contributed by atoms with Crippen molar-refractivity contribution in [3.63, 3.8) is 0 Å². The molecule has 0 spiro atoms. The van der Waals surface area contributed by atoms with Gasteiger partial charge < -0.3 is 0 Å². The van der Waals surface area contributed by atoms with Gasteiger partial charge in [-0.15, -0.1) is 0 Å². The Kier molecular flexibility index (Phi) is 6.29. The summed E-state index contributed by atoms with van der Waals surface area (Å²) in [6, 6.07) is 0.609. The maximum absolute atomic E-state index is 11.4. The summed E-state index contributed by atoms with van der Waals surface area (Å²) in [7, 11) is -2.78. The zero-order valence-corrected chi connectivity index (χ0v) is 12.4. The fourth-order valence-corrected chi connectivity index (χ4v) is 3.75. The van der Waals surface area contributed by atoms with Crippen molar-refractivity contribution in [1.29, 1.82) is 0 Å². The number of likely N-dealkylation sites (tertiary alicyclic amines) is 1. The van der Waals surface area contributed by atoms with Crippen LogP contribution >= 0.6 is 15.9 Å². The molecule has 5 heteroatoms. The summed E-state index contributed by atoms with van der Waals surface area (Å²) >= 11 is 3.54. The van der Waals surface area contributed by atoms with Crippen LogP contribution in [0.3, 0.4) is 0 Å². The first-order valence-corrected chi connectivity index (χ1v) is 9.04. The molecule has 1 atom stereocenters. The van der Waals surface area contributed by atoms with E-state index in [0.717, 1.165) is 24.8 Å². The first-order valence-electron chi connectivity index (χ1n) is 6.09. The number of halogens is 1. The van der Waals surface area contributed by atoms with Gasteiger partial charge in [0.05, 0.1) is 5.75 Å². The van der Waals surface area contributed by atoms with Gasteiger partial charge in [0.15, 0.2) is 0 Å². The van der Waals surface area contributed by atoms with E-state index in [1.54, 1.807) is 6.92 Å². The molecule has 1 rings (SSSR count). The number of hydrogen-bond acceptors (Lipinski definition) is 3. The van der Waals surface area contributed by atoms with Crippen molar-refractivity contribution in [3.8, 4) is 0 Å². The number of piperidine rings is 1. The maximum atomic E-state index is 11.4. The Bertz CT molecular complexity index is 292. The third-order valence-electron chi connectivity index (χ3n) is 3.27. The van der Waals surface area contributed by atoms with Crippen molar-refractivity contribution in [2.45, 2.75) is 38.6 Å². The van der Waals surface area contributed by atoms with Crippen molar-refractivity contribution in [1.82, 2.24) is 4.90 Å². The van der Waals surface area contributed by atoms with E-state index in [-0.39, 0.29) is 5.75 Å². The third-order valence-corrected chi connectivity index (χ3v) is 5.81. The topological polar surface area (TPSA) is 37.4 Å². The standard InChI is InChI=1S/C11H22BrNO2S/c1-2-16(14,15)9-5-8-13-7-4-3-6-11(13)10-12/h11H,2-10H2,1H3. The molecule has 16 heavy (non-hydrogen) atoms. The van der Waals surface area contributed by atoms with E-state index >= 15 is 0 Å². The van der Waals surface area contributed by atoms with Crippen molar-refractivity contribution in [2.24, 2.45) is 0 Å². The molecule has 1 unspecified atom stereocenters. The zero-order chi connectivity index (χ0) is 12.0. The highest BCUT2D eigenvalue weighted by Gasteiger charge is 2.21. The summed E-state index contributed by atoms with van der Waals surface area (Å²) in [5.74, 6) is 0.615. The van der Waals surface area contributed by atoms with Crippen LogP contribution in [0.25, 0.3) is 0 Å². The van der Waals surface area contributed by atoms with Gasteiger partial charge in [-0.2, -0.15) is 0 Å². The molecule has 0 radical (unpaired) electrons. The highest BCUT2D eigenvalue weighted by atomic mass is 79.9. The lowest BCUT2D eigenvalue weighted by molar-refractivity contribution is 0.165. The molecule has 0 aromatic rings. The van der Waals surface area contributed by atoms with Crippen molar-refractivity contribution in [2.75, 3.05) is 29.9 Å². The summed E-state index contributed by atoms with van der Waals surface area (Å²) in [5.41, 5.74) is 0. The normalized spacial score (nSPS) is 23.5. The van der Waals surface area contributed by atoms with Gasteiger partial charge >= 0.3 is 0 Å². The molecule has 1 saturated heterocycles. The van der Waals surface area contributed by atoms with Gasteiger partial charge in [-0.1, -0.05) is 29.3 Å².